The monoisotopic (exact) mass is 564 g/mol. The van der Waals surface area contributed by atoms with Crippen LogP contribution in [-0.2, 0) is 27.2 Å². The van der Waals surface area contributed by atoms with Crippen LogP contribution < -0.4 is 5.73 Å². The maximum atomic E-state index is 14.0. The Labute approximate surface area is 236 Å². The number of phenols is 1. The van der Waals surface area contributed by atoms with Crippen molar-refractivity contribution in [2.45, 2.75) is 37.8 Å². The van der Waals surface area contributed by atoms with Gasteiger partial charge < -0.3 is 26.2 Å². The molecular weight excluding hydrogens is 531 g/mol. The summed E-state index contributed by atoms with van der Waals surface area (Å²) in [5.74, 6) is -6.96. The van der Waals surface area contributed by atoms with Crippen molar-refractivity contribution in [1.29, 1.82) is 0 Å². The smallest absolute Gasteiger partial charge is 0.255 e. The van der Waals surface area contributed by atoms with Gasteiger partial charge in [-0.2, -0.15) is 0 Å². The van der Waals surface area contributed by atoms with E-state index >= 15 is 0 Å². The standard InChI is InChI=1S/C31H33FN2O7/c1-14(13-32)10-15-4-6-16(7-5-15)18-8-9-21(35)23-19(18)11-17-12-20-25(34(2)3)27(37)24(30(33)40)29(39)31(20,41)28(38)22(17)26(23)36/h4-9,14,17,20,25,35-36,39,41H,10-13H2,1-3H3,(H2,33,40)/t14?,17-,20-,25?,31-/m1/s1. The topological polar surface area (TPSA) is 161 Å². The number of primary amides is 1. The molecule has 5 atom stereocenters. The second-order valence-corrected chi connectivity index (χ2v) is 11.6. The Bertz CT molecular complexity index is 1530. The maximum Gasteiger partial charge on any atom is 0.255 e. The average molecular weight is 565 g/mol. The van der Waals surface area contributed by atoms with Gasteiger partial charge in [0.05, 0.1) is 18.3 Å². The van der Waals surface area contributed by atoms with Gasteiger partial charge in [0.15, 0.2) is 11.4 Å². The number of halogens is 1. The Morgan fingerprint density at radius 2 is 1.78 bits per heavy atom. The van der Waals surface area contributed by atoms with Crippen molar-refractivity contribution < 1.29 is 39.2 Å². The number of nitrogens with two attached hydrogens (primary N) is 1. The van der Waals surface area contributed by atoms with E-state index in [1.807, 2.05) is 31.2 Å². The first-order valence-electron chi connectivity index (χ1n) is 13.5. The van der Waals surface area contributed by atoms with Crippen molar-refractivity contribution in [2.75, 3.05) is 20.8 Å². The zero-order valence-electron chi connectivity index (χ0n) is 23.0. The first kappa shape index (κ1) is 28.5. The van der Waals surface area contributed by atoms with E-state index in [2.05, 4.69) is 0 Å². The number of phenolic OH excluding ortho intramolecular Hbond substituents is 1. The number of aliphatic hydroxyl groups is 3. The number of rotatable bonds is 6. The van der Waals surface area contributed by atoms with Crippen LogP contribution in [0, 0.1) is 17.8 Å². The quantitative estimate of drug-likeness (QED) is 0.335. The lowest BCUT2D eigenvalue weighted by atomic mass is 9.57. The SMILES string of the molecule is CC(CF)Cc1ccc(-c2ccc(O)c3c2C[C@@H]2C[C@@H]4C(N(C)C)C(=O)C(C(N)=O)=C(O)[C@]4(O)C(=O)C2=C3O)cc1. The van der Waals surface area contributed by atoms with E-state index in [4.69, 9.17) is 5.73 Å². The van der Waals surface area contributed by atoms with E-state index in [0.29, 0.717) is 17.5 Å². The minimum Gasteiger partial charge on any atom is -0.508 e. The second-order valence-electron chi connectivity index (χ2n) is 11.6. The van der Waals surface area contributed by atoms with Crippen molar-refractivity contribution in [3.8, 4) is 16.9 Å². The molecule has 10 heteroatoms. The third kappa shape index (κ3) is 4.24. The molecule has 3 aliphatic rings. The number of ketones is 2. The van der Waals surface area contributed by atoms with Gasteiger partial charge in [-0.05, 0) is 73.5 Å². The number of carbonyl (C=O) groups is 3. The Morgan fingerprint density at radius 1 is 1.12 bits per heavy atom. The van der Waals surface area contributed by atoms with Crippen LogP contribution in [0.25, 0.3) is 16.9 Å². The highest BCUT2D eigenvalue weighted by atomic mass is 19.1. The highest BCUT2D eigenvalue weighted by Crippen LogP contribution is 2.53. The molecule has 0 bridgehead atoms. The number of hydrogen-bond donors (Lipinski definition) is 5. The third-order valence-corrected chi connectivity index (χ3v) is 8.72. The van der Waals surface area contributed by atoms with Crippen molar-refractivity contribution in [1.82, 2.24) is 4.90 Å². The second kappa shape index (κ2) is 10.1. The summed E-state index contributed by atoms with van der Waals surface area (Å²) in [6, 6.07) is 9.53. The fourth-order valence-electron chi connectivity index (χ4n) is 6.79. The van der Waals surface area contributed by atoms with Crippen LogP contribution >= 0.6 is 0 Å². The lowest BCUT2D eigenvalue weighted by Gasteiger charge is -2.50. The molecule has 1 fully saturated rings. The van der Waals surface area contributed by atoms with Gasteiger partial charge in [-0.3, -0.25) is 23.7 Å². The summed E-state index contributed by atoms with van der Waals surface area (Å²) in [5, 5.41) is 44.9. The first-order valence-corrected chi connectivity index (χ1v) is 13.5. The maximum absolute atomic E-state index is 14.0. The van der Waals surface area contributed by atoms with E-state index < -0.39 is 64.7 Å². The van der Waals surface area contributed by atoms with Gasteiger partial charge >= 0.3 is 0 Å². The van der Waals surface area contributed by atoms with Gasteiger partial charge in [0.2, 0.25) is 5.78 Å². The largest absolute Gasteiger partial charge is 0.508 e. The minimum atomic E-state index is -2.68. The van der Waals surface area contributed by atoms with Crippen LogP contribution in [0.1, 0.15) is 30.0 Å². The van der Waals surface area contributed by atoms with E-state index in [-0.39, 0.29) is 35.6 Å². The molecule has 1 saturated carbocycles. The molecule has 0 saturated heterocycles. The number of alkyl halides is 1. The molecule has 9 nitrogen and oxygen atoms in total. The van der Waals surface area contributed by atoms with Crippen LogP contribution in [0.4, 0.5) is 4.39 Å². The highest BCUT2D eigenvalue weighted by molar-refractivity contribution is 6.24. The van der Waals surface area contributed by atoms with Crippen LogP contribution in [0.2, 0.25) is 0 Å². The first-order chi connectivity index (χ1) is 19.3. The number of amides is 1. The molecule has 0 heterocycles. The van der Waals surface area contributed by atoms with Gasteiger partial charge in [0.1, 0.15) is 22.8 Å². The molecule has 5 rings (SSSR count). The fraction of sp³-hybridized carbons (Fsp3) is 0.387. The highest BCUT2D eigenvalue weighted by Gasteiger charge is 2.64. The van der Waals surface area contributed by atoms with E-state index in [1.165, 1.54) is 11.0 Å². The Balaban J connectivity index is 1.65. The average Bonchev–Trinajstić information content (AvgIpc) is 2.91. The fourth-order valence-corrected chi connectivity index (χ4v) is 6.79. The van der Waals surface area contributed by atoms with Gasteiger partial charge in [0.25, 0.3) is 5.91 Å². The molecule has 3 aliphatic carbocycles. The van der Waals surface area contributed by atoms with Crippen LogP contribution in [-0.4, -0.2) is 75.2 Å². The number of aliphatic hydroxyl groups excluding tert-OH is 2. The van der Waals surface area contributed by atoms with E-state index in [0.717, 1.165) is 11.1 Å². The van der Waals surface area contributed by atoms with E-state index in [1.54, 1.807) is 20.2 Å². The van der Waals surface area contributed by atoms with Gasteiger partial charge in [0, 0.05) is 11.5 Å². The molecule has 2 unspecified atom stereocenters. The van der Waals surface area contributed by atoms with Crippen molar-refractivity contribution in [3.05, 3.63) is 70.0 Å². The van der Waals surface area contributed by atoms with Crippen molar-refractivity contribution in [3.63, 3.8) is 0 Å². The lowest BCUT2D eigenvalue weighted by Crippen LogP contribution is -2.65. The molecule has 6 N–H and O–H groups in total. The molecule has 0 spiro atoms. The Morgan fingerprint density at radius 3 is 2.37 bits per heavy atom. The summed E-state index contributed by atoms with van der Waals surface area (Å²) < 4.78 is 13.0. The van der Waals surface area contributed by atoms with E-state index in [9.17, 15) is 39.2 Å². The minimum absolute atomic E-state index is 0.0148. The summed E-state index contributed by atoms with van der Waals surface area (Å²) in [6.07, 6.45) is 0.788. The third-order valence-electron chi connectivity index (χ3n) is 8.72. The molecule has 216 valence electrons. The van der Waals surface area contributed by atoms with Gasteiger partial charge in [-0.1, -0.05) is 37.3 Å². The lowest BCUT2D eigenvalue weighted by molar-refractivity contribution is -0.153. The molecule has 2 aromatic carbocycles. The van der Waals surface area contributed by atoms with Crippen LogP contribution in [0.3, 0.4) is 0 Å². The number of Topliss-reactive ketones (excluding diaryl/α,β-unsaturated/α-hetero) is 2. The van der Waals surface area contributed by atoms with Gasteiger partial charge in [-0.25, -0.2) is 0 Å². The Kier molecular flexibility index (Phi) is 7.03. The molecule has 1 amide bonds. The molecule has 41 heavy (non-hydrogen) atoms. The predicted molar refractivity (Wildman–Crippen MR) is 149 cm³/mol. The number of nitrogens with zero attached hydrogens (tertiary/aromatic N) is 1. The number of carbonyl (C=O) groups excluding carboxylic acids is 3. The molecule has 2 aromatic rings. The number of aromatic hydroxyl groups is 1. The number of fused-ring (bicyclic) bond motifs is 3. The number of benzene rings is 2. The molecule has 0 aromatic heterocycles. The summed E-state index contributed by atoms with van der Waals surface area (Å²) in [6.45, 7) is 1.41. The van der Waals surface area contributed by atoms with Crippen molar-refractivity contribution in [2.24, 2.45) is 23.5 Å². The van der Waals surface area contributed by atoms with Gasteiger partial charge in [-0.15, -0.1) is 0 Å². The molecular formula is C31H33FN2O7. The number of hydrogen-bond acceptors (Lipinski definition) is 8. The van der Waals surface area contributed by atoms with Crippen LogP contribution in [0.5, 0.6) is 5.75 Å². The molecule has 0 radical (unpaired) electrons. The van der Waals surface area contributed by atoms with Crippen molar-refractivity contribution >= 4 is 23.2 Å². The summed E-state index contributed by atoms with van der Waals surface area (Å²) in [7, 11) is 3.11. The zero-order chi connectivity index (χ0) is 30.0. The Hall–Kier alpha value is -4.02. The summed E-state index contributed by atoms with van der Waals surface area (Å²) in [5.41, 5.74) is 4.73. The summed E-state index contributed by atoms with van der Waals surface area (Å²) in [4.78, 5) is 40.8. The molecule has 0 aliphatic heterocycles. The normalized spacial score (nSPS) is 26.5. The zero-order valence-corrected chi connectivity index (χ0v) is 23.0. The van der Waals surface area contributed by atoms with Crippen LogP contribution in [0.15, 0.2) is 53.3 Å². The predicted octanol–water partition coefficient (Wildman–Crippen LogP) is 2.78. The number of likely N-dealkylation sites (N-methyl/N-ethyl adjacent to an activating group) is 1. The summed E-state index contributed by atoms with van der Waals surface area (Å²) >= 11 is 0.